The number of phenolic OH excluding ortho intramolecular Hbond substituents is 1. The molecule has 6 atom stereocenters. The lowest BCUT2D eigenvalue weighted by molar-refractivity contribution is 0.394. The molecule has 6 heterocycles. The molecule has 7 heteroatoms. The first-order valence-electron chi connectivity index (χ1n) is 16.0. The number of aromatic hydroxyl groups is 1. The third kappa shape index (κ3) is 4.82. The number of ether oxygens (including phenoxy) is 6. The molecule has 6 aliphatic heterocycles. The van der Waals surface area contributed by atoms with Gasteiger partial charge in [-0.05, 0) is 54.7 Å². The van der Waals surface area contributed by atoms with Crippen LogP contribution in [0.25, 0.3) is 32.3 Å². The molecule has 0 bridgehead atoms. The van der Waals surface area contributed by atoms with Crippen molar-refractivity contribution >= 4 is 32.3 Å². The minimum absolute atomic E-state index is 0.166. The SMILES string of the molecule is Oc1c(CC2CO2)c(CC2CO2)c(CC2CO2)c2c1c1ccccc1c1cc(CC3CO3)c(CC3CO3)c(CC3CO3)c12. The molecule has 10 rings (SSSR count). The Labute approximate surface area is 249 Å². The van der Waals surface area contributed by atoms with Crippen LogP contribution in [0.15, 0.2) is 30.3 Å². The third-order valence-electron chi connectivity index (χ3n) is 10.2. The molecule has 4 aromatic rings. The molecule has 6 aliphatic rings. The number of phenols is 1. The highest BCUT2D eigenvalue weighted by atomic mass is 16.6. The number of hydrogen-bond acceptors (Lipinski definition) is 7. The van der Waals surface area contributed by atoms with Crippen molar-refractivity contribution in [3.63, 3.8) is 0 Å². The van der Waals surface area contributed by atoms with Crippen LogP contribution in [0.5, 0.6) is 5.75 Å². The lowest BCUT2D eigenvalue weighted by atomic mass is 9.79. The van der Waals surface area contributed by atoms with Gasteiger partial charge in [-0.25, -0.2) is 0 Å². The van der Waals surface area contributed by atoms with E-state index in [-0.39, 0.29) is 36.6 Å². The molecule has 0 amide bonds. The Morgan fingerprint density at radius 3 is 1.47 bits per heavy atom. The molecule has 0 spiro atoms. The van der Waals surface area contributed by atoms with Crippen LogP contribution in [-0.4, -0.2) is 81.4 Å². The van der Waals surface area contributed by atoms with Crippen molar-refractivity contribution in [3.8, 4) is 5.75 Å². The van der Waals surface area contributed by atoms with Crippen LogP contribution in [0.3, 0.4) is 0 Å². The van der Waals surface area contributed by atoms with Crippen molar-refractivity contribution in [2.75, 3.05) is 39.6 Å². The molecule has 4 aromatic carbocycles. The topological polar surface area (TPSA) is 95.4 Å². The summed E-state index contributed by atoms with van der Waals surface area (Å²) in [5, 5.41) is 19.4. The van der Waals surface area contributed by atoms with E-state index >= 15 is 0 Å². The van der Waals surface area contributed by atoms with Crippen LogP contribution in [0.4, 0.5) is 0 Å². The molecule has 222 valence electrons. The van der Waals surface area contributed by atoms with Gasteiger partial charge in [-0.15, -0.1) is 0 Å². The smallest absolute Gasteiger partial charge is 0.127 e. The van der Waals surface area contributed by atoms with Gasteiger partial charge in [0.15, 0.2) is 0 Å². The number of rotatable bonds is 12. The summed E-state index contributed by atoms with van der Waals surface area (Å²) in [5.41, 5.74) is 7.73. The van der Waals surface area contributed by atoms with Crippen LogP contribution in [0, 0.1) is 0 Å². The lowest BCUT2D eigenvalue weighted by Gasteiger charge is -2.25. The second kappa shape index (κ2) is 9.61. The van der Waals surface area contributed by atoms with Gasteiger partial charge in [0.1, 0.15) is 5.75 Å². The average Bonchev–Trinajstić information content (AvgIpc) is 3.77. The third-order valence-corrected chi connectivity index (χ3v) is 10.2. The molecule has 0 aromatic heterocycles. The summed E-state index contributed by atoms with van der Waals surface area (Å²) in [5.74, 6) is 0.413. The summed E-state index contributed by atoms with van der Waals surface area (Å²) in [6.45, 7) is 4.76. The number of epoxide rings is 6. The summed E-state index contributed by atoms with van der Waals surface area (Å²) in [6.07, 6.45) is 6.41. The van der Waals surface area contributed by atoms with E-state index in [4.69, 9.17) is 28.4 Å². The predicted molar refractivity (Wildman–Crippen MR) is 161 cm³/mol. The molecule has 0 radical (unpaired) electrons. The number of hydrogen-bond donors (Lipinski definition) is 1. The van der Waals surface area contributed by atoms with Crippen molar-refractivity contribution < 1.29 is 33.5 Å². The zero-order valence-corrected chi connectivity index (χ0v) is 24.2. The van der Waals surface area contributed by atoms with Crippen LogP contribution in [0.1, 0.15) is 33.4 Å². The second-order valence-corrected chi connectivity index (χ2v) is 13.5. The lowest BCUT2D eigenvalue weighted by Crippen LogP contribution is -2.13. The summed E-state index contributed by atoms with van der Waals surface area (Å²) in [4.78, 5) is 0. The van der Waals surface area contributed by atoms with Crippen molar-refractivity contribution in [3.05, 3.63) is 63.7 Å². The molecule has 0 aliphatic carbocycles. The number of benzene rings is 4. The first-order valence-corrected chi connectivity index (χ1v) is 16.0. The zero-order valence-electron chi connectivity index (χ0n) is 24.2. The van der Waals surface area contributed by atoms with Gasteiger partial charge in [-0.3, -0.25) is 0 Å². The summed E-state index contributed by atoms with van der Waals surface area (Å²) < 4.78 is 34.9. The van der Waals surface area contributed by atoms with E-state index < -0.39 is 0 Å². The maximum atomic E-state index is 12.4. The van der Waals surface area contributed by atoms with Gasteiger partial charge in [-0.1, -0.05) is 30.3 Å². The summed E-state index contributed by atoms with van der Waals surface area (Å²) >= 11 is 0. The molecule has 0 saturated carbocycles. The van der Waals surface area contributed by atoms with E-state index in [1.165, 1.54) is 49.4 Å². The quantitative estimate of drug-likeness (QED) is 0.195. The minimum Gasteiger partial charge on any atom is -0.507 e. The fourth-order valence-corrected chi connectivity index (χ4v) is 7.56. The van der Waals surface area contributed by atoms with E-state index in [0.29, 0.717) is 5.75 Å². The van der Waals surface area contributed by atoms with E-state index in [9.17, 15) is 5.11 Å². The second-order valence-electron chi connectivity index (χ2n) is 13.5. The summed E-state index contributed by atoms with van der Waals surface area (Å²) in [7, 11) is 0. The van der Waals surface area contributed by atoms with Crippen LogP contribution >= 0.6 is 0 Å². The fraction of sp³-hybridized carbons (Fsp3) is 0.500. The Balaban J connectivity index is 1.36. The maximum absolute atomic E-state index is 12.4. The average molecular weight is 581 g/mol. The van der Waals surface area contributed by atoms with Gasteiger partial charge < -0.3 is 33.5 Å². The Hall–Kier alpha value is -2.78. The van der Waals surface area contributed by atoms with E-state index in [2.05, 4.69) is 30.3 Å². The van der Waals surface area contributed by atoms with Gasteiger partial charge in [0, 0.05) is 49.5 Å². The molecule has 1 N–H and O–H groups in total. The van der Waals surface area contributed by atoms with Crippen molar-refractivity contribution in [2.45, 2.75) is 75.1 Å². The monoisotopic (exact) mass is 580 g/mol. The van der Waals surface area contributed by atoms with Gasteiger partial charge in [0.2, 0.25) is 0 Å². The molecule has 7 nitrogen and oxygen atoms in total. The molecule has 6 fully saturated rings. The molecule has 43 heavy (non-hydrogen) atoms. The van der Waals surface area contributed by atoms with Crippen LogP contribution in [0.2, 0.25) is 0 Å². The van der Waals surface area contributed by atoms with Gasteiger partial charge in [0.05, 0.1) is 76.3 Å². The van der Waals surface area contributed by atoms with Crippen molar-refractivity contribution in [2.24, 2.45) is 0 Å². The summed E-state index contributed by atoms with van der Waals surface area (Å²) in [6, 6.07) is 11.1. The highest BCUT2D eigenvalue weighted by molar-refractivity contribution is 6.29. The molecule has 6 unspecified atom stereocenters. The Bertz CT molecular complexity index is 1790. The van der Waals surface area contributed by atoms with Gasteiger partial charge in [0.25, 0.3) is 0 Å². The highest BCUT2D eigenvalue weighted by Gasteiger charge is 2.37. The fourth-order valence-electron chi connectivity index (χ4n) is 7.56. The standard InChI is InChI=1S/C36H36O7/c37-36-32(11-24-17-43-24)28(8-21-14-40-21)31(10-23-16-42-23)34-33-29(25-3-1-2-4-26(25)35(34)36)6-18(5-19-12-38-19)27(7-20-13-39-20)30(33)9-22-15-41-22/h1-4,6,19-24,37H,5,7-17H2. The largest absolute Gasteiger partial charge is 0.507 e. The first-order chi connectivity index (χ1) is 21.2. The van der Waals surface area contributed by atoms with Gasteiger partial charge in [-0.2, -0.15) is 0 Å². The maximum Gasteiger partial charge on any atom is 0.127 e. The first kappa shape index (κ1) is 25.5. The Morgan fingerprint density at radius 2 is 0.907 bits per heavy atom. The highest BCUT2D eigenvalue weighted by Crippen LogP contribution is 2.49. The minimum atomic E-state index is 0.166. The molecular formula is C36H36O7. The normalized spacial score (nSPS) is 29.9. The zero-order chi connectivity index (χ0) is 28.2. The van der Waals surface area contributed by atoms with Crippen molar-refractivity contribution in [1.29, 1.82) is 0 Å². The molecule has 6 saturated heterocycles. The molecular weight excluding hydrogens is 544 g/mol. The van der Waals surface area contributed by atoms with E-state index in [0.717, 1.165) is 94.5 Å². The Morgan fingerprint density at radius 1 is 0.465 bits per heavy atom. The Kier molecular flexibility index (Phi) is 5.71. The van der Waals surface area contributed by atoms with Crippen LogP contribution < -0.4 is 0 Å². The van der Waals surface area contributed by atoms with Gasteiger partial charge >= 0.3 is 0 Å². The van der Waals surface area contributed by atoms with Crippen molar-refractivity contribution in [1.82, 2.24) is 0 Å². The van der Waals surface area contributed by atoms with Crippen LogP contribution in [-0.2, 0) is 66.9 Å². The number of fused-ring (bicyclic) bond motifs is 6. The van der Waals surface area contributed by atoms with E-state index in [1.54, 1.807) is 0 Å². The predicted octanol–water partition coefficient (Wildman–Crippen LogP) is 4.50. The van der Waals surface area contributed by atoms with E-state index in [1.807, 2.05) is 0 Å².